The van der Waals surface area contributed by atoms with Crippen molar-refractivity contribution in [3.63, 3.8) is 0 Å². The average Bonchev–Trinajstić information content (AvgIpc) is 3.30. The van der Waals surface area contributed by atoms with E-state index < -0.39 is 24.5 Å². The number of nitrogens with one attached hydrogen (secondary N) is 4. The van der Waals surface area contributed by atoms with Crippen molar-refractivity contribution >= 4 is 0 Å². The molecule has 0 aliphatic carbocycles. The van der Waals surface area contributed by atoms with Crippen LogP contribution in [0.3, 0.4) is 0 Å². The lowest BCUT2D eigenvalue weighted by Crippen LogP contribution is -2.68. The van der Waals surface area contributed by atoms with Gasteiger partial charge in [0.2, 0.25) is 0 Å². The maximum absolute atomic E-state index is 13.0. The van der Waals surface area contributed by atoms with Crippen LogP contribution < -0.4 is 27.0 Å². The summed E-state index contributed by atoms with van der Waals surface area (Å²) in [6.07, 6.45) is -3.32. The number of hydrogen-bond acceptors (Lipinski definition) is 10. The van der Waals surface area contributed by atoms with E-state index >= 15 is 0 Å². The Morgan fingerprint density at radius 3 is 2.77 bits per heavy atom. The molecule has 1 aromatic rings. The number of fused-ring (bicyclic) bond motifs is 1. The van der Waals surface area contributed by atoms with Crippen molar-refractivity contribution in [3.05, 3.63) is 35.6 Å². The Bertz CT molecular complexity index is 715. The number of rotatable bonds is 8. The third kappa shape index (κ3) is 5.22. The number of halogens is 1. The number of nitrogens with zero attached hydrogens (tertiary/aromatic N) is 2. The number of likely N-dealkylation sites (N-methyl/N-ethyl adjacent to an activating group) is 1. The summed E-state index contributed by atoms with van der Waals surface area (Å²) >= 11 is 0. The highest BCUT2D eigenvalue weighted by molar-refractivity contribution is 5.15. The minimum absolute atomic E-state index is 0.00408. The first-order valence-electron chi connectivity index (χ1n) is 10.8. The Hall–Kier alpha value is -1.25. The molecule has 174 valence electrons. The van der Waals surface area contributed by atoms with Crippen LogP contribution in [0.5, 0.6) is 0 Å². The molecule has 3 saturated heterocycles. The lowest BCUT2D eigenvalue weighted by Gasteiger charge is -2.38. The fourth-order valence-electron chi connectivity index (χ4n) is 4.51. The number of ether oxygens (including phenoxy) is 1. The lowest BCUT2D eigenvalue weighted by atomic mass is 10.1. The topological polar surface area (TPSA) is 130 Å². The van der Waals surface area contributed by atoms with E-state index in [0.29, 0.717) is 26.4 Å². The van der Waals surface area contributed by atoms with Gasteiger partial charge in [0.1, 0.15) is 30.4 Å². The van der Waals surface area contributed by atoms with Gasteiger partial charge in [0.05, 0.1) is 25.0 Å². The van der Waals surface area contributed by atoms with Crippen LogP contribution >= 0.6 is 0 Å². The second-order valence-corrected chi connectivity index (χ2v) is 8.57. The smallest absolute Gasteiger partial charge is 0.142 e. The van der Waals surface area contributed by atoms with Crippen LogP contribution in [-0.2, 0) is 11.3 Å². The molecule has 10 nitrogen and oxygen atoms in total. The Balaban J connectivity index is 1.23. The van der Waals surface area contributed by atoms with Crippen molar-refractivity contribution in [2.24, 2.45) is 5.73 Å². The summed E-state index contributed by atoms with van der Waals surface area (Å²) in [5.74, 6) is -0.238. The van der Waals surface area contributed by atoms with Gasteiger partial charge in [-0.2, -0.15) is 0 Å². The summed E-state index contributed by atoms with van der Waals surface area (Å²) in [5, 5.41) is 34.4. The maximum Gasteiger partial charge on any atom is 0.142 e. The van der Waals surface area contributed by atoms with Crippen LogP contribution in [0.25, 0.3) is 0 Å². The van der Waals surface area contributed by atoms with Crippen LogP contribution in [0.1, 0.15) is 5.56 Å². The Kier molecular flexibility index (Phi) is 7.49. The highest BCUT2D eigenvalue weighted by Gasteiger charge is 2.51. The number of aliphatic hydroxyl groups excluding tert-OH is 2. The second-order valence-electron chi connectivity index (χ2n) is 8.57. The molecule has 0 bridgehead atoms. The highest BCUT2D eigenvalue weighted by atomic mass is 19.1. The van der Waals surface area contributed by atoms with Gasteiger partial charge < -0.3 is 30.9 Å². The van der Waals surface area contributed by atoms with Crippen molar-refractivity contribution in [1.29, 1.82) is 0 Å². The van der Waals surface area contributed by atoms with Crippen molar-refractivity contribution in [1.82, 2.24) is 31.1 Å². The van der Waals surface area contributed by atoms with E-state index in [9.17, 15) is 14.6 Å². The zero-order valence-corrected chi connectivity index (χ0v) is 17.7. The summed E-state index contributed by atoms with van der Waals surface area (Å²) in [6.45, 7) is 3.72. The quantitative estimate of drug-likeness (QED) is 0.215. The van der Waals surface area contributed by atoms with Crippen molar-refractivity contribution in [2.75, 3.05) is 40.0 Å². The zero-order chi connectivity index (χ0) is 22.0. The van der Waals surface area contributed by atoms with Crippen molar-refractivity contribution in [3.8, 4) is 0 Å². The molecule has 3 unspecified atom stereocenters. The van der Waals surface area contributed by atoms with Crippen molar-refractivity contribution < 1.29 is 19.3 Å². The monoisotopic (exact) mass is 439 g/mol. The molecule has 0 saturated carbocycles. The molecule has 3 heterocycles. The molecule has 3 fully saturated rings. The summed E-state index contributed by atoms with van der Waals surface area (Å²) in [4.78, 5) is 4.05. The van der Waals surface area contributed by atoms with Gasteiger partial charge in [-0.25, -0.2) is 9.29 Å². The molecule has 0 spiro atoms. The van der Waals surface area contributed by atoms with Gasteiger partial charge in [-0.3, -0.25) is 16.0 Å². The van der Waals surface area contributed by atoms with Gasteiger partial charge in [-0.1, -0.05) is 12.1 Å². The predicted molar refractivity (Wildman–Crippen MR) is 113 cm³/mol. The van der Waals surface area contributed by atoms with Crippen LogP contribution in [-0.4, -0.2) is 103 Å². The fraction of sp³-hybridized carbons (Fsp3) is 0.700. The second kappa shape index (κ2) is 10.1. The molecule has 11 heteroatoms. The molecule has 0 radical (unpaired) electrons. The molecule has 1 aromatic carbocycles. The van der Waals surface area contributed by atoms with E-state index in [-0.39, 0.29) is 24.2 Å². The van der Waals surface area contributed by atoms with E-state index in [2.05, 4.69) is 26.2 Å². The predicted octanol–water partition coefficient (Wildman–Crippen LogP) is -2.71. The molecular formula is C20H34FN7O3. The fourth-order valence-corrected chi connectivity index (χ4v) is 4.51. The number of hydrogen-bond donors (Lipinski definition) is 7. The van der Waals surface area contributed by atoms with Gasteiger partial charge in [-0.15, -0.1) is 0 Å². The number of aliphatic hydroxyl groups is 2. The maximum atomic E-state index is 13.0. The van der Waals surface area contributed by atoms with Crippen LogP contribution in [0.4, 0.5) is 4.39 Å². The Labute approximate surface area is 181 Å². The molecule has 31 heavy (non-hydrogen) atoms. The van der Waals surface area contributed by atoms with Crippen LogP contribution in [0.2, 0.25) is 0 Å². The molecule has 0 aromatic heterocycles. The standard InChI is InChI=1S/C20H34FN7O3/c1-27(7-6-23-8-12-2-4-13(21)5-3-12)9-14-16(29)17(30)20(31-14)28-11-26-15-18(22)24-10-25-19(15)28/h2-5,14-20,23-26,29-30H,6-11,22H2,1H3/t14-,15?,16-,17-,18?,19?,20-/m1/s1. The number of benzene rings is 1. The molecular weight excluding hydrogens is 405 g/mol. The molecule has 0 amide bonds. The first kappa shape index (κ1) is 22.9. The lowest BCUT2D eigenvalue weighted by molar-refractivity contribution is -0.106. The van der Waals surface area contributed by atoms with E-state index in [1.165, 1.54) is 12.1 Å². The van der Waals surface area contributed by atoms with Crippen molar-refractivity contribution in [2.45, 2.75) is 49.5 Å². The zero-order valence-electron chi connectivity index (χ0n) is 17.7. The molecule has 3 aliphatic heterocycles. The third-order valence-electron chi connectivity index (χ3n) is 6.31. The minimum Gasteiger partial charge on any atom is -0.387 e. The average molecular weight is 440 g/mol. The van der Waals surface area contributed by atoms with Gasteiger partial charge in [0.15, 0.2) is 0 Å². The summed E-state index contributed by atoms with van der Waals surface area (Å²) in [5.41, 5.74) is 7.14. The number of nitrogens with two attached hydrogens (primary N) is 1. The van der Waals surface area contributed by atoms with Crippen LogP contribution in [0.15, 0.2) is 24.3 Å². The van der Waals surface area contributed by atoms with Gasteiger partial charge in [0, 0.05) is 32.8 Å². The first-order valence-corrected chi connectivity index (χ1v) is 10.8. The van der Waals surface area contributed by atoms with Gasteiger partial charge >= 0.3 is 0 Å². The Morgan fingerprint density at radius 2 is 2.00 bits per heavy atom. The normalized spacial score (nSPS) is 36.3. The molecule has 4 rings (SSSR count). The molecule has 8 N–H and O–H groups in total. The van der Waals surface area contributed by atoms with Gasteiger partial charge in [-0.05, 0) is 24.7 Å². The summed E-state index contributed by atoms with van der Waals surface area (Å²) < 4.78 is 19.1. The van der Waals surface area contributed by atoms with Gasteiger partial charge in [0.25, 0.3) is 0 Å². The van der Waals surface area contributed by atoms with E-state index in [1.54, 1.807) is 12.1 Å². The summed E-state index contributed by atoms with van der Waals surface area (Å²) in [6, 6.07) is 6.43. The first-order chi connectivity index (χ1) is 14.9. The minimum atomic E-state index is -0.997. The SMILES string of the molecule is CN(CCNCc1ccc(F)cc1)C[C@H]1O[C@@H](N2CNC3C(N)NCNC32)[C@H](O)[C@@H]1O. The Morgan fingerprint density at radius 1 is 1.23 bits per heavy atom. The van der Waals surface area contributed by atoms with E-state index in [4.69, 9.17) is 10.5 Å². The van der Waals surface area contributed by atoms with Crippen LogP contribution in [0, 0.1) is 5.82 Å². The third-order valence-corrected chi connectivity index (χ3v) is 6.31. The summed E-state index contributed by atoms with van der Waals surface area (Å²) in [7, 11) is 1.95. The van der Waals surface area contributed by atoms with E-state index in [1.807, 2.05) is 11.9 Å². The van der Waals surface area contributed by atoms with E-state index in [0.717, 1.165) is 18.7 Å². The molecule has 7 atom stereocenters. The largest absolute Gasteiger partial charge is 0.387 e. The molecule has 3 aliphatic rings. The highest BCUT2D eigenvalue weighted by Crippen LogP contribution is 2.28.